The van der Waals surface area contributed by atoms with Gasteiger partial charge >= 0.3 is 0 Å². The van der Waals surface area contributed by atoms with Gasteiger partial charge in [-0.15, -0.1) is 0 Å². The molecule has 0 aliphatic heterocycles. The van der Waals surface area contributed by atoms with Crippen molar-refractivity contribution in [3.63, 3.8) is 0 Å². The zero-order valence-corrected chi connectivity index (χ0v) is 23.0. The van der Waals surface area contributed by atoms with Crippen LogP contribution in [0.5, 0.6) is 0 Å². The van der Waals surface area contributed by atoms with Crippen LogP contribution in [-0.4, -0.2) is 0 Å². The molecule has 0 saturated heterocycles. The van der Waals surface area contributed by atoms with Crippen molar-refractivity contribution in [2.24, 2.45) is 0 Å². The summed E-state index contributed by atoms with van der Waals surface area (Å²) in [4.78, 5) is 0. The molecule has 1 aliphatic carbocycles. The van der Waals surface area contributed by atoms with Crippen LogP contribution < -0.4 is 0 Å². The highest BCUT2D eigenvalue weighted by Crippen LogP contribution is 2.54. The molecule has 0 saturated carbocycles. The van der Waals surface area contributed by atoms with Crippen LogP contribution in [0, 0.1) is 0 Å². The van der Waals surface area contributed by atoms with E-state index >= 15 is 0 Å². The summed E-state index contributed by atoms with van der Waals surface area (Å²) in [6, 6.07) is 32.9. The van der Waals surface area contributed by atoms with Gasteiger partial charge in [0.05, 0.1) is 0 Å². The third-order valence-corrected chi connectivity index (χ3v) is 8.10. The van der Waals surface area contributed by atoms with E-state index in [9.17, 15) is 0 Å². The van der Waals surface area contributed by atoms with Crippen molar-refractivity contribution in [2.75, 3.05) is 0 Å². The van der Waals surface area contributed by atoms with E-state index in [0.29, 0.717) is 0 Å². The first-order valence-corrected chi connectivity index (χ1v) is 14.5. The monoisotopic (exact) mass is 488 g/mol. The highest BCUT2D eigenvalue weighted by atomic mass is 14.4. The Bertz CT molecular complexity index is 1200. The first-order chi connectivity index (χ1) is 18.2. The third-order valence-electron chi connectivity index (χ3n) is 8.10. The summed E-state index contributed by atoms with van der Waals surface area (Å²) in [6.45, 7) is 8.63. The van der Waals surface area contributed by atoms with Gasteiger partial charge in [0.25, 0.3) is 0 Å². The van der Waals surface area contributed by atoms with Crippen molar-refractivity contribution < 1.29 is 0 Å². The van der Waals surface area contributed by atoms with Crippen LogP contribution in [0.4, 0.5) is 0 Å². The summed E-state index contributed by atoms with van der Waals surface area (Å²) in [5.41, 5.74) is 7.53. The second-order valence-corrected chi connectivity index (χ2v) is 10.6. The second-order valence-electron chi connectivity index (χ2n) is 10.6. The predicted molar refractivity (Wildman–Crippen MR) is 164 cm³/mol. The van der Waals surface area contributed by atoms with Crippen molar-refractivity contribution in [1.82, 2.24) is 0 Å². The van der Waals surface area contributed by atoms with Crippen LogP contribution in [0.15, 0.2) is 97.6 Å². The molecular weight excluding hydrogens is 444 g/mol. The maximum Gasteiger partial charge on any atom is 0.0215 e. The number of hydrogen-bond acceptors (Lipinski definition) is 0. The van der Waals surface area contributed by atoms with Gasteiger partial charge < -0.3 is 0 Å². The minimum Gasteiger partial charge on any atom is -0.0985 e. The molecule has 0 bridgehead atoms. The third kappa shape index (κ3) is 6.24. The van der Waals surface area contributed by atoms with Gasteiger partial charge in [0.2, 0.25) is 0 Å². The van der Waals surface area contributed by atoms with E-state index in [1.807, 2.05) is 6.08 Å². The van der Waals surface area contributed by atoms with Crippen LogP contribution in [-0.2, 0) is 5.41 Å². The normalized spacial score (nSPS) is 12.9. The van der Waals surface area contributed by atoms with Gasteiger partial charge in [0.15, 0.2) is 0 Å². The largest absolute Gasteiger partial charge is 0.0985 e. The maximum atomic E-state index is 4.03. The van der Waals surface area contributed by atoms with Crippen LogP contribution in [0.3, 0.4) is 0 Å². The van der Waals surface area contributed by atoms with E-state index in [4.69, 9.17) is 0 Å². The molecule has 37 heavy (non-hydrogen) atoms. The van der Waals surface area contributed by atoms with E-state index < -0.39 is 0 Å². The molecule has 0 heteroatoms. The Kier molecular flexibility index (Phi) is 9.78. The minimum atomic E-state index is 0.201. The molecule has 0 amide bonds. The lowest BCUT2D eigenvalue weighted by Crippen LogP contribution is -2.25. The average molecular weight is 489 g/mol. The molecule has 0 radical (unpaired) electrons. The Morgan fingerprint density at radius 2 is 1.08 bits per heavy atom. The lowest BCUT2D eigenvalue weighted by atomic mass is 9.70. The Labute approximate surface area is 225 Å². The molecule has 0 atom stereocenters. The summed E-state index contributed by atoms with van der Waals surface area (Å²) in [5.74, 6) is 0. The molecule has 0 unspecified atom stereocenters. The fraction of sp³-hybridized carbons (Fsp3) is 0.351. The lowest BCUT2D eigenvalue weighted by molar-refractivity contribution is 0.401. The fourth-order valence-electron chi connectivity index (χ4n) is 6.10. The van der Waals surface area contributed by atoms with Crippen LogP contribution >= 0.6 is 0 Å². The van der Waals surface area contributed by atoms with E-state index in [1.54, 1.807) is 11.1 Å². The fourth-order valence-corrected chi connectivity index (χ4v) is 6.10. The molecule has 0 aromatic heterocycles. The van der Waals surface area contributed by atoms with Crippen molar-refractivity contribution in [3.8, 4) is 11.1 Å². The van der Waals surface area contributed by atoms with Gasteiger partial charge in [-0.3, -0.25) is 0 Å². The summed E-state index contributed by atoms with van der Waals surface area (Å²) in [5, 5.41) is 2.62. The Hall–Kier alpha value is -3.12. The SMILES string of the molecule is C=Cc1ccc2c(c1)C(CCCCCC)(CCCCCC)c1ccccc1-2.c1ccc2ccccc2c1. The molecule has 192 valence electrons. The number of hydrogen-bond donors (Lipinski definition) is 0. The lowest BCUT2D eigenvalue weighted by Gasteiger charge is -2.33. The van der Waals surface area contributed by atoms with Crippen molar-refractivity contribution in [1.29, 1.82) is 0 Å². The van der Waals surface area contributed by atoms with Crippen molar-refractivity contribution >= 4 is 16.8 Å². The maximum absolute atomic E-state index is 4.03. The molecule has 1 aliphatic rings. The smallest absolute Gasteiger partial charge is 0.0215 e. The molecule has 4 aromatic rings. The molecule has 5 rings (SSSR count). The molecule has 0 spiro atoms. The molecule has 4 aromatic carbocycles. The molecular formula is C37H44. The highest BCUT2D eigenvalue weighted by Gasteiger charge is 2.41. The Balaban J connectivity index is 0.000000265. The van der Waals surface area contributed by atoms with E-state index in [0.717, 1.165) is 0 Å². The summed E-state index contributed by atoms with van der Waals surface area (Å²) >= 11 is 0. The average Bonchev–Trinajstić information content (AvgIpc) is 3.23. The van der Waals surface area contributed by atoms with Gasteiger partial charge in [-0.1, -0.05) is 169 Å². The van der Waals surface area contributed by atoms with Crippen molar-refractivity contribution in [2.45, 2.75) is 83.5 Å². The number of benzene rings is 4. The van der Waals surface area contributed by atoms with Crippen molar-refractivity contribution in [3.05, 3.63) is 114 Å². The quantitative estimate of drug-likeness (QED) is 0.184. The van der Waals surface area contributed by atoms with Gasteiger partial charge in [0, 0.05) is 5.41 Å². The standard InChI is InChI=1S/C27H36.C10H8/c1-4-7-9-13-19-27(20-14-10-8-5-2)25-16-12-11-15-23(25)24-18-17-22(6-3)21-26(24)27;1-2-6-10-8-4-3-7-9(10)5-1/h6,11-12,15-18,21H,3-5,7-10,13-14,19-20H2,1-2H3;1-8H. The Morgan fingerprint density at radius 1 is 0.568 bits per heavy atom. The van der Waals surface area contributed by atoms with Crippen LogP contribution in [0.1, 0.15) is 94.7 Å². The minimum absolute atomic E-state index is 0.201. The molecule has 0 fully saturated rings. The van der Waals surface area contributed by atoms with E-state index in [-0.39, 0.29) is 5.41 Å². The number of fused-ring (bicyclic) bond motifs is 4. The molecule has 0 heterocycles. The first-order valence-electron chi connectivity index (χ1n) is 14.5. The summed E-state index contributed by atoms with van der Waals surface area (Å²) in [6.07, 6.45) is 15.2. The van der Waals surface area contributed by atoms with Gasteiger partial charge in [-0.05, 0) is 51.4 Å². The first kappa shape index (κ1) is 26.9. The molecule has 0 nitrogen and oxygen atoms in total. The van der Waals surface area contributed by atoms with Gasteiger partial charge in [-0.25, -0.2) is 0 Å². The summed E-state index contributed by atoms with van der Waals surface area (Å²) in [7, 11) is 0. The number of rotatable bonds is 11. The zero-order valence-electron chi connectivity index (χ0n) is 23.0. The zero-order chi connectivity index (χ0) is 25.9. The summed E-state index contributed by atoms with van der Waals surface area (Å²) < 4.78 is 0. The van der Waals surface area contributed by atoms with E-state index in [1.165, 1.54) is 91.7 Å². The second kappa shape index (κ2) is 13.4. The van der Waals surface area contributed by atoms with Crippen LogP contribution in [0.2, 0.25) is 0 Å². The van der Waals surface area contributed by atoms with Gasteiger partial charge in [-0.2, -0.15) is 0 Å². The van der Waals surface area contributed by atoms with Gasteiger partial charge in [0.1, 0.15) is 0 Å². The highest BCUT2D eigenvalue weighted by molar-refractivity contribution is 5.83. The topological polar surface area (TPSA) is 0 Å². The molecule has 0 N–H and O–H groups in total. The Morgan fingerprint density at radius 3 is 1.62 bits per heavy atom. The van der Waals surface area contributed by atoms with Crippen LogP contribution in [0.25, 0.3) is 28.0 Å². The van der Waals surface area contributed by atoms with E-state index in [2.05, 4.69) is 111 Å². The predicted octanol–water partition coefficient (Wildman–Crippen LogP) is 11.4. The number of unbranched alkanes of at least 4 members (excludes halogenated alkanes) is 6.